The number of sulfonamides is 1. The Bertz CT molecular complexity index is 1090. The summed E-state index contributed by atoms with van der Waals surface area (Å²) in [6.45, 7) is 6.59. The molecule has 1 aliphatic rings. The number of nitrogens with zero attached hydrogens (tertiary/aromatic N) is 2. The van der Waals surface area contributed by atoms with Gasteiger partial charge in [-0.1, -0.05) is 60.2 Å². The molecule has 0 amide bonds. The summed E-state index contributed by atoms with van der Waals surface area (Å²) in [6, 6.07) is 23.6. The zero-order valence-corrected chi connectivity index (χ0v) is 17.7. The molecule has 1 heterocycles. The van der Waals surface area contributed by atoms with Crippen molar-refractivity contribution in [2.24, 2.45) is 0 Å². The normalized spacial score (nSPS) is 15.4. The first kappa shape index (κ1) is 19.7. The van der Waals surface area contributed by atoms with Crippen LogP contribution in [-0.2, 0) is 10.0 Å². The maximum Gasteiger partial charge on any atom is 0.243 e. The first-order chi connectivity index (χ1) is 13.9. The second kappa shape index (κ2) is 8.01. The Balaban J connectivity index is 1.47. The van der Waals surface area contributed by atoms with E-state index >= 15 is 0 Å². The Labute approximate surface area is 173 Å². The average Bonchev–Trinajstić information content (AvgIpc) is 2.75. The molecule has 29 heavy (non-hydrogen) atoms. The number of aryl methyl sites for hydroxylation is 2. The lowest BCUT2D eigenvalue weighted by atomic mass is 10.1. The van der Waals surface area contributed by atoms with E-state index in [2.05, 4.69) is 36.9 Å². The van der Waals surface area contributed by atoms with Gasteiger partial charge in [-0.2, -0.15) is 4.31 Å². The number of benzene rings is 3. The lowest BCUT2D eigenvalue weighted by molar-refractivity contribution is 0.385. The fourth-order valence-electron chi connectivity index (χ4n) is 3.93. The van der Waals surface area contributed by atoms with Crippen LogP contribution < -0.4 is 4.90 Å². The van der Waals surface area contributed by atoms with E-state index in [0.717, 1.165) is 11.1 Å². The molecule has 0 atom stereocenters. The summed E-state index contributed by atoms with van der Waals surface area (Å²) in [4.78, 5) is 2.64. The molecule has 0 saturated carbocycles. The molecule has 1 aliphatic heterocycles. The predicted molar refractivity (Wildman–Crippen MR) is 119 cm³/mol. The monoisotopic (exact) mass is 406 g/mol. The van der Waals surface area contributed by atoms with E-state index in [4.69, 9.17) is 0 Å². The highest BCUT2D eigenvalue weighted by atomic mass is 32.2. The first-order valence-electron chi connectivity index (χ1n) is 9.93. The highest BCUT2D eigenvalue weighted by Gasteiger charge is 2.28. The summed E-state index contributed by atoms with van der Waals surface area (Å²) in [6.07, 6.45) is 0. The first-order valence-corrected chi connectivity index (χ1v) is 11.4. The molecule has 0 radical (unpaired) electrons. The topological polar surface area (TPSA) is 40.6 Å². The molecule has 0 unspecified atom stereocenters. The van der Waals surface area contributed by atoms with Gasteiger partial charge in [0.2, 0.25) is 10.0 Å². The van der Waals surface area contributed by atoms with Gasteiger partial charge in [0.1, 0.15) is 0 Å². The minimum Gasteiger partial charge on any atom is -0.369 e. The standard InChI is InChI=1S/C24H26N2O2S/c1-19-8-13-24(20(2)18-19)25-14-16-26(17-15-25)29(27,28)23-11-9-22(10-12-23)21-6-4-3-5-7-21/h3-13,18H,14-17H2,1-2H3. The molecule has 0 bridgehead atoms. The lowest BCUT2D eigenvalue weighted by Crippen LogP contribution is -2.48. The Morgan fingerprint density at radius 2 is 1.34 bits per heavy atom. The van der Waals surface area contributed by atoms with E-state index in [0.29, 0.717) is 31.1 Å². The van der Waals surface area contributed by atoms with Crippen molar-refractivity contribution in [2.45, 2.75) is 18.7 Å². The van der Waals surface area contributed by atoms with Gasteiger partial charge < -0.3 is 4.90 Å². The van der Waals surface area contributed by atoms with Gasteiger partial charge in [-0.25, -0.2) is 8.42 Å². The number of rotatable bonds is 4. The predicted octanol–water partition coefficient (Wildman–Crippen LogP) is 4.48. The van der Waals surface area contributed by atoms with Crippen molar-refractivity contribution in [1.82, 2.24) is 4.31 Å². The lowest BCUT2D eigenvalue weighted by Gasteiger charge is -2.36. The fraction of sp³-hybridized carbons (Fsp3) is 0.250. The Kier molecular flexibility index (Phi) is 5.43. The van der Waals surface area contributed by atoms with Crippen LogP contribution in [0.25, 0.3) is 11.1 Å². The third-order valence-electron chi connectivity index (χ3n) is 5.53. The van der Waals surface area contributed by atoms with E-state index in [9.17, 15) is 8.42 Å². The molecule has 4 nitrogen and oxygen atoms in total. The maximum absolute atomic E-state index is 13.1. The van der Waals surface area contributed by atoms with Gasteiger partial charge >= 0.3 is 0 Å². The van der Waals surface area contributed by atoms with Crippen LogP contribution in [0.15, 0.2) is 77.7 Å². The Morgan fingerprint density at radius 3 is 1.97 bits per heavy atom. The van der Waals surface area contributed by atoms with Gasteiger partial charge in [0.15, 0.2) is 0 Å². The molecule has 5 heteroatoms. The van der Waals surface area contributed by atoms with Gasteiger partial charge in [0.25, 0.3) is 0 Å². The van der Waals surface area contributed by atoms with E-state index in [1.54, 1.807) is 16.4 Å². The Hall–Kier alpha value is -2.63. The van der Waals surface area contributed by atoms with Crippen molar-refractivity contribution in [3.8, 4) is 11.1 Å². The van der Waals surface area contributed by atoms with Crippen LogP contribution in [0, 0.1) is 13.8 Å². The third-order valence-corrected chi connectivity index (χ3v) is 7.44. The summed E-state index contributed by atoms with van der Waals surface area (Å²) in [7, 11) is -3.48. The summed E-state index contributed by atoms with van der Waals surface area (Å²) in [5.41, 5.74) is 5.77. The number of anilines is 1. The van der Waals surface area contributed by atoms with E-state index in [1.807, 2.05) is 42.5 Å². The molecule has 0 N–H and O–H groups in total. The average molecular weight is 407 g/mol. The largest absolute Gasteiger partial charge is 0.369 e. The highest BCUT2D eigenvalue weighted by molar-refractivity contribution is 7.89. The fourth-order valence-corrected chi connectivity index (χ4v) is 5.35. The second-order valence-electron chi connectivity index (χ2n) is 7.57. The van der Waals surface area contributed by atoms with E-state index in [1.165, 1.54) is 16.8 Å². The zero-order chi connectivity index (χ0) is 20.4. The number of piperazine rings is 1. The summed E-state index contributed by atoms with van der Waals surface area (Å²) in [5.74, 6) is 0. The molecular weight excluding hydrogens is 380 g/mol. The van der Waals surface area contributed by atoms with Crippen LogP contribution >= 0.6 is 0 Å². The van der Waals surface area contributed by atoms with Gasteiger partial charge in [0.05, 0.1) is 4.90 Å². The summed E-state index contributed by atoms with van der Waals surface area (Å²) < 4.78 is 27.8. The van der Waals surface area contributed by atoms with Crippen molar-refractivity contribution in [3.63, 3.8) is 0 Å². The third kappa shape index (κ3) is 4.07. The van der Waals surface area contributed by atoms with Gasteiger partial charge in [-0.15, -0.1) is 0 Å². The molecular formula is C24H26N2O2S. The van der Waals surface area contributed by atoms with Crippen molar-refractivity contribution in [2.75, 3.05) is 31.1 Å². The van der Waals surface area contributed by atoms with E-state index < -0.39 is 10.0 Å². The molecule has 1 saturated heterocycles. The molecule has 3 aromatic carbocycles. The second-order valence-corrected chi connectivity index (χ2v) is 9.51. The minimum atomic E-state index is -3.48. The van der Waals surface area contributed by atoms with Crippen molar-refractivity contribution in [1.29, 1.82) is 0 Å². The van der Waals surface area contributed by atoms with Crippen molar-refractivity contribution < 1.29 is 8.42 Å². The van der Waals surface area contributed by atoms with Crippen LogP contribution in [0.1, 0.15) is 11.1 Å². The van der Waals surface area contributed by atoms with Gasteiger partial charge in [0, 0.05) is 31.9 Å². The van der Waals surface area contributed by atoms with Crippen molar-refractivity contribution in [3.05, 3.63) is 83.9 Å². The van der Waals surface area contributed by atoms with Crippen LogP contribution in [0.4, 0.5) is 5.69 Å². The zero-order valence-electron chi connectivity index (χ0n) is 16.9. The highest BCUT2D eigenvalue weighted by Crippen LogP contribution is 2.26. The van der Waals surface area contributed by atoms with Gasteiger partial charge in [-0.05, 0) is 48.7 Å². The smallest absolute Gasteiger partial charge is 0.243 e. The summed E-state index contributed by atoms with van der Waals surface area (Å²) in [5, 5.41) is 0. The molecule has 0 spiro atoms. The summed E-state index contributed by atoms with van der Waals surface area (Å²) >= 11 is 0. The minimum absolute atomic E-state index is 0.358. The maximum atomic E-state index is 13.1. The molecule has 0 aromatic heterocycles. The quantitative estimate of drug-likeness (QED) is 0.641. The number of hydrogen-bond donors (Lipinski definition) is 0. The molecule has 3 aromatic rings. The van der Waals surface area contributed by atoms with Crippen LogP contribution in [0.5, 0.6) is 0 Å². The molecule has 0 aliphatic carbocycles. The SMILES string of the molecule is Cc1ccc(N2CCN(S(=O)(=O)c3ccc(-c4ccccc4)cc3)CC2)c(C)c1. The van der Waals surface area contributed by atoms with E-state index in [-0.39, 0.29) is 0 Å². The van der Waals surface area contributed by atoms with Crippen LogP contribution in [0.2, 0.25) is 0 Å². The number of hydrogen-bond acceptors (Lipinski definition) is 3. The Morgan fingerprint density at radius 1 is 0.724 bits per heavy atom. The molecule has 1 fully saturated rings. The van der Waals surface area contributed by atoms with Gasteiger partial charge in [-0.3, -0.25) is 0 Å². The van der Waals surface area contributed by atoms with Crippen LogP contribution in [-0.4, -0.2) is 38.9 Å². The van der Waals surface area contributed by atoms with Crippen LogP contribution in [0.3, 0.4) is 0 Å². The van der Waals surface area contributed by atoms with Crippen molar-refractivity contribution >= 4 is 15.7 Å². The molecule has 4 rings (SSSR count). The molecule has 150 valence electrons.